The van der Waals surface area contributed by atoms with Gasteiger partial charge >= 0.3 is 0 Å². The molecule has 96 valence electrons. The van der Waals surface area contributed by atoms with Crippen molar-refractivity contribution >= 4 is 11.4 Å². The quantitative estimate of drug-likeness (QED) is 0.913. The van der Waals surface area contributed by atoms with Crippen LogP contribution in [-0.2, 0) is 0 Å². The summed E-state index contributed by atoms with van der Waals surface area (Å²) in [6.45, 7) is 1.69. The molecule has 0 saturated heterocycles. The van der Waals surface area contributed by atoms with E-state index in [4.69, 9.17) is 5.26 Å². The average Bonchev–Trinajstić information content (AvgIpc) is 2.46. The zero-order valence-electron chi connectivity index (χ0n) is 10.9. The Bertz CT molecular complexity index is 582. The van der Waals surface area contributed by atoms with Crippen LogP contribution in [0.5, 0.6) is 0 Å². The molecule has 1 heterocycles. The summed E-state index contributed by atoms with van der Waals surface area (Å²) in [5, 5.41) is 18.2. The number of pyridine rings is 1. The number of hydrogen-bond donors (Lipinski definition) is 1. The van der Waals surface area contributed by atoms with Gasteiger partial charge in [-0.3, -0.25) is 4.98 Å². The Kier molecular flexibility index (Phi) is 3.79. The Labute approximate surface area is 112 Å². The molecule has 0 aliphatic carbocycles. The van der Waals surface area contributed by atoms with E-state index in [0.717, 1.165) is 11.4 Å². The summed E-state index contributed by atoms with van der Waals surface area (Å²) in [7, 11) is 1.93. The summed E-state index contributed by atoms with van der Waals surface area (Å²) in [6.07, 6.45) is 1.16. The van der Waals surface area contributed by atoms with Gasteiger partial charge in [0, 0.05) is 12.7 Å². The molecule has 2 aromatic rings. The van der Waals surface area contributed by atoms with Crippen LogP contribution in [0.1, 0.15) is 24.3 Å². The molecule has 1 unspecified atom stereocenters. The van der Waals surface area contributed by atoms with E-state index < -0.39 is 6.10 Å². The van der Waals surface area contributed by atoms with Gasteiger partial charge in [0.2, 0.25) is 0 Å². The van der Waals surface area contributed by atoms with Crippen molar-refractivity contribution in [2.24, 2.45) is 0 Å². The summed E-state index contributed by atoms with van der Waals surface area (Å²) in [5.74, 6) is 0. The van der Waals surface area contributed by atoms with Crippen molar-refractivity contribution < 1.29 is 5.11 Å². The van der Waals surface area contributed by atoms with Crippen LogP contribution in [0, 0.1) is 11.3 Å². The van der Waals surface area contributed by atoms with Crippen LogP contribution in [0.3, 0.4) is 0 Å². The third-order valence-corrected chi connectivity index (χ3v) is 2.97. The topological polar surface area (TPSA) is 60.1 Å². The normalized spacial score (nSPS) is 11.7. The van der Waals surface area contributed by atoms with Crippen LogP contribution >= 0.6 is 0 Å². The maximum absolute atomic E-state index is 9.42. The maximum Gasteiger partial charge on any atom is 0.0991 e. The lowest BCUT2D eigenvalue weighted by atomic mass is 10.2. The van der Waals surface area contributed by atoms with E-state index in [1.54, 1.807) is 31.3 Å². The molecular weight excluding hydrogens is 238 g/mol. The van der Waals surface area contributed by atoms with Crippen LogP contribution < -0.4 is 4.90 Å². The Hall–Kier alpha value is -2.38. The van der Waals surface area contributed by atoms with Crippen LogP contribution in [0.2, 0.25) is 0 Å². The fraction of sp³-hybridized carbons (Fsp3) is 0.200. The third kappa shape index (κ3) is 2.90. The molecule has 4 nitrogen and oxygen atoms in total. The Balaban J connectivity index is 2.23. The van der Waals surface area contributed by atoms with Crippen molar-refractivity contribution in [1.82, 2.24) is 4.98 Å². The summed E-state index contributed by atoms with van der Waals surface area (Å²) < 4.78 is 0. The molecule has 4 heteroatoms. The van der Waals surface area contributed by atoms with Crippen LogP contribution in [0.4, 0.5) is 11.4 Å². The van der Waals surface area contributed by atoms with Gasteiger partial charge in [-0.2, -0.15) is 5.26 Å². The molecule has 0 aliphatic rings. The van der Waals surface area contributed by atoms with Gasteiger partial charge in [0.1, 0.15) is 0 Å². The van der Waals surface area contributed by atoms with Gasteiger partial charge in [-0.15, -0.1) is 0 Å². The van der Waals surface area contributed by atoms with Crippen molar-refractivity contribution in [2.45, 2.75) is 13.0 Å². The predicted molar refractivity (Wildman–Crippen MR) is 74.1 cm³/mol. The highest BCUT2D eigenvalue weighted by molar-refractivity contribution is 5.62. The minimum absolute atomic E-state index is 0.561. The number of anilines is 2. The van der Waals surface area contributed by atoms with Gasteiger partial charge in [0.25, 0.3) is 0 Å². The largest absolute Gasteiger partial charge is 0.387 e. The first kappa shape index (κ1) is 13.1. The van der Waals surface area contributed by atoms with E-state index in [9.17, 15) is 5.11 Å². The van der Waals surface area contributed by atoms with Crippen molar-refractivity contribution in [3.05, 3.63) is 53.9 Å². The monoisotopic (exact) mass is 253 g/mol. The molecule has 0 bridgehead atoms. The number of nitrogens with zero attached hydrogens (tertiary/aromatic N) is 3. The molecule has 0 amide bonds. The van der Waals surface area contributed by atoms with E-state index in [1.165, 1.54) is 0 Å². The molecule has 1 aromatic carbocycles. The third-order valence-electron chi connectivity index (χ3n) is 2.97. The number of benzene rings is 1. The lowest BCUT2D eigenvalue weighted by Crippen LogP contribution is -2.10. The lowest BCUT2D eigenvalue weighted by molar-refractivity contribution is 0.194. The Morgan fingerprint density at radius 1 is 1.16 bits per heavy atom. The van der Waals surface area contributed by atoms with Crippen molar-refractivity contribution in [3.8, 4) is 6.07 Å². The van der Waals surface area contributed by atoms with E-state index in [-0.39, 0.29) is 0 Å². The standard InChI is InChI=1S/C15H15N3O/c1-11(19)15-8-7-14(10-17-15)18(2)13-5-3-12(9-16)4-6-13/h3-8,10-11,19H,1-2H3. The highest BCUT2D eigenvalue weighted by Gasteiger charge is 2.06. The SMILES string of the molecule is CC(O)c1ccc(N(C)c2ccc(C#N)cc2)cn1. The number of nitriles is 1. The average molecular weight is 253 g/mol. The summed E-state index contributed by atoms with van der Waals surface area (Å²) >= 11 is 0. The highest BCUT2D eigenvalue weighted by atomic mass is 16.3. The van der Waals surface area contributed by atoms with Crippen molar-refractivity contribution in [1.29, 1.82) is 5.26 Å². The van der Waals surface area contributed by atoms with Crippen LogP contribution in [-0.4, -0.2) is 17.1 Å². The smallest absolute Gasteiger partial charge is 0.0991 e. The Morgan fingerprint density at radius 2 is 1.79 bits per heavy atom. The first-order chi connectivity index (χ1) is 9.11. The summed E-state index contributed by atoms with van der Waals surface area (Å²) in [5.41, 5.74) is 3.19. The molecule has 1 N–H and O–H groups in total. The highest BCUT2D eigenvalue weighted by Crippen LogP contribution is 2.23. The first-order valence-corrected chi connectivity index (χ1v) is 5.99. The van der Waals surface area contributed by atoms with Gasteiger partial charge in [-0.25, -0.2) is 0 Å². The maximum atomic E-state index is 9.42. The van der Waals surface area contributed by atoms with Gasteiger partial charge < -0.3 is 10.0 Å². The van der Waals surface area contributed by atoms with E-state index in [0.29, 0.717) is 11.3 Å². The summed E-state index contributed by atoms with van der Waals surface area (Å²) in [6, 6.07) is 13.2. The van der Waals surface area contributed by atoms with Gasteiger partial charge in [-0.1, -0.05) is 0 Å². The fourth-order valence-corrected chi connectivity index (χ4v) is 1.75. The second-order valence-electron chi connectivity index (χ2n) is 4.33. The predicted octanol–water partition coefficient (Wildman–Crippen LogP) is 2.77. The van der Waals surface area contributed by atoms with E-state index >= 15 is 0 Å². The van der Waals surface area contributed by atoms with Gasteiger partial charge in [0.15, 0.2) is 0 Å². The minimum atomic E-state index is -0.561. The van der Waals surface area contributed by atoms with Crippen molar-refractivity contribution in [2.75, 3.05) is 11.9 Å². The molecule has 19 heavy (non-hydrogen) atoms. The fourth-order valence-electron chi connectivity index (χ4n) is 1.75. The molecule has 0 spiro atoms. The molecule has 0 fully saturated rings. The molecule has 1 atom stereocenters. The Morgan fingerprint density at radius 3 is 2.26 bits per heavy atom. The molecule has 0 aliphatic heterocycles. The molecule has 1 aromatic heterocycles. The number of aromatic nitrogens is 1. The lowest BCUT2D eigenvalue weighted by Gasteiger charge is -2.19. The summed E-state index contributed by atoms with van der Waals surface area (Å²) in [4.78, 5) is 6.19. The molecule has 0 saturated carbocycles. The van der Waals surface area contributed by atoms with E-state index in [2.05, 4.69) is 11.1 Å². The zero-order valence-corrected chi connectivity index (χ0v) is 10.9. The second-order valence-corrected chi connectivity index (χ2v) is 4.33. The molecule has 0 radical (unpaired) electrons. The van der Waals surface area contributed by atoms with Crippen molar-refractivity contribution in [3.63, 3.8) is 0 Å². The number of aliphatic hydroxyl groups excluding tert-OH is 1. The van der Waals surface area contributed by atoms with E-state index in [1.807, 2.05) is 30.1 Å². The molecule has 2 rings (SSSR count). The van der Waals surface area contributed by atoms with Gasteiger partial charge in [0.05, 0.1) is 35.3 Å². The zero-order chi connectivity index (χ0) is 13.8. The van der Waals surface area contributed by atoms with Crippen LogP contribution in [0.25, 0.3) is 0 Å². The number of aliphatic hydroxyl groups is 1. The second kappa shape index (κ2) is 5.51. The van der Waals surface area contributed by atoms with Crippen LogP contribution in [0.15, 0.2) is 42.6 Å². The first-order valence-electron chi connectivity index (χ1n) is 5.99. The molecular formula is C15H15N3O. The number of rotatable bonds is 3. The van der Waals surface area contributed by atoms with Gasteiger partial charge in [-0.05, 0) is 43.3 Å². The number of hydrogen-bond acceptors (Lipinski definition) is 4. The minimum Gasteiger partial charge on any atom is -0.387 e.